The van der Waals surface area contributed by atoms with Crippen LogP contribution in [0.2, 0.25) is 0 Å². The first-order valence-electron chi connectivity index (χ1n) is 8.68. The van der Waals surface area contributed by atoms with Crippen LogP contribution in [0, 0.1) is 10.1 Å². The summed E-state index contributed by atoms with van der Waals surface area (Å²) in [5, 5.41) is 13.7. The lowest BCUT2D eigenvalue weighted by Gasteiger charge is -2.14. The van der Waals surface area contributed by atoms with Crippen molar-refractivity contribution < 1.29 is 28.4 Å². The number of rotatable bonds is 8. The molecule has 0 aliphatic heterocycles. The van der Waals surface area contributed by atoms with Gasteiger partial charge in [0.05, 0.1) is 17.7 Å². The van der Waals surface area contributed by atoms with Gasteiger partial charge in [0.25, 0.3) is 16.8 Å². The molecule has 2 aromatic carbocycles. The summed E-state index contributed by atoms with van der Waals surface area (Å²) in [7, 11) is 1.36. The Labute approximate surface area is 174 Å². The lowest BCUT2D eigenvalue weighted by Crippen LogP contribution is -2.30. The molecule has 1 N–H and O–H groups in total. The van der Waals surface area contributed by atoms with Gasteiger partial charge < -0.3 is 19.2 Å². The molecule has 1 unspecified atom stereocenters. The summed E-state index contributed by atoms with van der Waals surface area (Å²) < 4.78 is 15.7. The van der Waals surface area contributed by atoms with Crippen LogP contribution in [0.3, 0.4) is 0 Å². The van der Waals surface area contributed by atoms with Crippen LogP contribution in [0.15, 0.2) is 52.1 Å². The summed E-state index contributed by atoms with van der Waals surface area (Å²) in [6.45, 7) is 1.39. The van der Waals surface area contributed by atoms with Crippen molar-refractivity contribution in [2.75, 3.05) is 18.2 Å². The highest BCUT2D eigenvalue weighted by Gasteiger charge is 2.21. The number of nitrogens with one attached hydrogen (secondary N) is 1. The number of carbonyl (C=O) groups excluding carboxylic acids is 2. The topological polar surface area (TPSA) is 134 Å². The third-order valence-electron chi connectivity index (χ3n) is 3.92. The molecule has 3 aromatic rings. The number of thioether (sulfide) groups is 1. The minimum atomic E-state index is -1.13. The molecule has 11 heteroatoms. The highest BCUT2D eigenvalue weighted by Crippen LogP contribution is 2.29. The minimum absolute atomic E-state index is 0.0976. The average Bonchev–Trinajstić information content (AvgIpc) is 3.15. The van der Waals surface area contributed by atoms with E-state index in [4.69, 9.17) is 13.9 Å². The molecule has 0 radical (unpaired) electrons. The first-order valence-corrected chi connectivity index (χ1v) is 9.67. The van der Waals surface area contributed by atoms with E-state index in [-0.39, 0.29) is 22.9 Å². The smallest absolute Gasteiger partial charge is 0.317 e. The van der Waals surface area contributed by atoms with E-state index in [2.05, 4.69) is 10.3 Å². The van der Waals surface area contributed by atoms with Crippen LogP contribution in [0.1, 0.15) is 6.92 Å². The Hall–Kier alpha value is -3.60. The predicted molar refractivity (Wildman–Crippen MR) is 109 cm³/mol. The standard InChI is InChI=1S/C19H17N3O7S/c1-11(18(24)20-14-9-12(22(25)26)7-8-15(14)27-2)28-17(23)10-30-19-21-13-5-3-4-6-16(13)29-19/h3-9,11H,10H2,1-2H3,(H,20,24). The number of esters is 1. The normalized spacial score (nSPS) is 11.7. The first-order chi connectivity index (χ1) is 14.4. The maximum Gasteiger partial charge on any atom is 0.317 e. The number of ether oxygens (including phenoxy) is 2. The summed E-state index contributed by atoms with van der Waals surface area (Å²) in [5.41, 5.74) is 1.16. The fraction of sp³-hybridized carbons (Fsp3) is 0.211. The average molecular weight is 431 g/mol. The Morgan fingerprint density at radius 3 is 2.77 bits per heavy atom. The molecule has 0 spiro atoms. The number of non-ortho nitro benzene ring substituents is 1. The highest BCUT2D eigenvalue weighted by atomic mass is 32.2. The summed E-state index contributed by atoms with van der Waals surface area (Å²) in [6, 6.07) is 11.0. The second-order valence-corrected chi connectivity index (χ2v) is 6.93. The molecule has 10 nitrogen and oxygen atoms in total. The predicted octanol–water partition coefficient (Wildman–Crippen LogP) is 3.41. The van der Waals surface area contributed by atoms with Crippen LogP contribution in [0.4, 0.5) is 11.4 Å². The maximum atomic E-state index is 12.3. The molecule has 0 saturated carbocycles. The number of hydrogen-bond donors (Lipinski definition) is 1. The molecule has 156 valence electrons. The maximum absolute atomic E-state index is 12.3. The number of nitro groups is 1. The zero-order valence-electron chi connectivity index (χ0n) is 16.0. The Balaban J connectivity index is 1.56. The van der Waals surface area contributed by atoms with Gasteiger partial charge in [-0.25, -0.2) is 4.98 Å². The molecule has 3 rings (SSSR count). The van der Waals surface area contributed by atoms with Crippen molar-refractivity contribution in [1.29, 1.82) is 0 Å². The van der Waals surface area contributed by atoms with E-state index in [1.807, 2.05) is 12.1 Å². The zero-order chi connectivity index (χ0) is 21.7. The van der Waals surface area contributed by atoms with Gasteiger partial charge in [-0.15, -0.1) is 0 Å². The molecule has 0 aliphatic rings. The van der Waals surface area contributed by atoms with E-state index >= 15 is 0 Å². The zero-order valence-corrected chi connectivity index (χ0v) is 16.8. The number of benzene rings is 2. The summed E-state index contributed by atoms with van der Waals surface area (Å²) >= 11 is 1.04. The number of oxazole rings is 1. The molecule has 0 bridgehead atoms. The van der Waals surface area contributed by atoms with Crippen LogP contribution in [-0.2, 0) is 14.3 Å². The van der Waals surface area contributed by atoms with Crippen LogP contribution in [0.5, 0.6) is 5.75 Å². The Bertz CT molecular complexity index is 1070. The first kappa shape index (κ1) is 21.1. The lowest BCUT2D eigenvalue weighted by molar-refractivity contribution is -0.384. The van der Waals surface area contributed by atoms with Crippen molar-refractivity contribution in [3.63, 3.8) is 0 Å². The molecule has 1 aromatic heterocycles. The molecular formula is C19H17N3O7S. The molecule has 1 atom stereocenters. The largest absolute Gasteiger partial charge is 0.495 e. The number of nitro benzene ring substituents is 1. The summed E-state index contributed by atoms with van der Waals surface area (Å²) in [6.07, 6.45) is -1.13. The molecule has 0 aliphatic carbocycles. The van der Waals surface area contributed by atoms with E-state index in [0.29, 0.717) is 16.3 Å². The van der Waals surface area contributed by atoms with Crippen LogP contribution >= 0.6 is 11.8 Å². The van der Waals surface area contributed by atoms with Crippen LogP contribution in [-0.4, -0.2) is 40.8 Å². The molecular weight excluding hydrogens is 414 g/mol. The fourth-order valence-electron chi connectivity index (χ4n) is 2.46. The van der Waals surface area contributed by atoms with E-state index in [1.165, 1.54) is 26.2 Å². The fourth-order valence-corrected chi connectivity index (χ4v) is 3.08. The summed E-state index contributed by atoms with van der Waals surface area (Å²) in [4.78, 5) is 39.0. The van der Waals surface area contributed by atoms with Gasteiger partial charge in [0.1, 0.15) is 17.0 Å². The molecule has 1 amide bonds. The SMILES string of the molecule is COc1ccc([N+](=O)[O-])cc1NC(=O)C(C)OC(=O)CSc1nc2ccccc2o1. The molecule has 0 fully saturated rings. The number of para-hydroxylation sites is 2. The van der Waals surface area contributed by atoms with Gasteiger partial charge >= 0.3 is 5.97 Å². The Morgan fingerprint density at radius 2 is 2.07 bits per heavy atom. The molecule has 1 heterocycles. The van der Waals surface area contributed by atoms with E-state index in [0.717, 1.165) is 17.8 Å². The van der Waals surface area contributed by atoms with Crippen LogP contribution in [0.25, 0.3) is 11.1 Å². The van der Waals surface area contributed by atoms with Crippen LogP contribution < -0.4 is 10.1 Å². The van der Waals surface area contributed by atoms with Gasteiger partial charge in [-0.2, -0.15) is 0 Å². The van der Waals surface area contributed by atoms with E-state index in [9.17, 15) is 19.7 Å². The van der Waals surface area contributed by atoms with Gasteiger partial charge in [0.2, 0.25) is 0 Å². The quantitative estimate of drug-likeness (QED) is 0.246. The number of nitrogens with zero attached hydrogens (tertiary/aromatic N) is 2. The second kappa shape index (κ2) is 9.27. The number of aromatic nitrogens is 1. The van der Waals surface area contributed by atoms with E-state index in [1.54, 1.807) is 12.1 Å². The van der Waals surface area contributed by atoms with Gasteiger partial charge in [0, 0.05) is 12.1 Å². The second-order valence-electron chi connectivity index (χ2n) is 6.00. The minimum Gasteiger partial charge on any atom is -0.495 e. The third kappa shape index (κ3) is 5.06. The number of hydrogen-bond acceptors (Lipinski definition) is 9. The van der Waals surface area contributed by atoms with Gasteiger partial charge in [0.15, 0.2) is 11.7 Å². The lowest BCUT2D eigenvalue weighted by atomic mass is 10.2. The monoisotopic (exact) mass is 431 g/mol. The van der Waals surface area contributed by atoms with Gasteiger partial charge in [-0.3, -0.25) is 19.7 Å². The number of amides is 1. The van der Waals surface area contributed by atoms with Gasteiger partial charge in [-0.1, -0.05) is 23.9 Å². The van der Waals surface area contributed by atoms with Crippen molar-refractivity contribution in [3.05, 3.63) is 52.6 Å². The van der Waals surface area contributed by atoms with Crippen molar-refractivity contribution in [1.82, 2.24) is 4.98 Å². The number of methoxy groups -OCH3 is 1. The number of anilines is 1. The van der Waals surface area contributed by atoms with Crippen molar-refractivity contribution in [2.24, 2.45) is 0 Å². The number of carbonyl (C=O) groups is 2. The van der Waals surface area contributed by atoms with Crippen molar-refractivity contribution in [3.8, 4) is 5.75 Å². The Morgan fingerprint density at radius 1 is 1.30 bits per heavy atom. The van der Waals surface area contributed by atoms with E-state index < -0.39 is 22.9 Å². The summed E-state index contributed by atoms with van der Waals surface area (Å²) in [5.74, 6) is -1.17. The highest BCUT2D eigenvalue weighted by molar-refractivity contribution is 7.99. The van der Waals surface area contributed by atoms with Crippen molar-refractivity contribution in [2.45, 2.75) is 18.3 Å². The molecule has 0 saturated heterocycles. The third-order valence-corrected chi connectivity index (χ3v) is 4.72. The molecule has 30 heavy (non-hydrogen) atoms. The Kier molecular flexibility index (Phi) is 6.52. The number of fused-ring (bicyclic) bond motifs is 1. The van der Waals surface area contributed by atoms with Gasteiger partial charge in [-0.05, 0) is 25.1 Å². The van der Waals surface area contributed by atoms with Crippen molar-refractivity contribution >= 4 is 46.1 Å².